The number of hydrogen-bond donors (Lipinski definition) is 1. The van der Waals surface area contributed by atoms with Crippen molar-refractivity contribution in [3.63, 3.8) is 0 Å². The van der Waals surface area contributed by atoms with Gasteiger partial charge in [0.05, 0.1) is 19.2 Å². The number of rotatable bonds is 5. The molecule has 1 N–H and O–H groups in total. The lowest BCUT2D eigenvalue weighted by Crippen LogP contribution is -2.50. The van der Waals surface area contributed by atoms with Crippen molar-refractivity contribution in [2.24, 2.45) is 5.92 Å². The van der Waals surface area contributed by atoms with Crippen LogP contribution in [0.25, 0.3) is 0 Å². The zero-order valence-electron chi connectivity index (χ0n) is 19.3. The fourth-order valence-corrected chi connectivity index (χ4v) is 4.71. The maximum absolute atomic E-state index is 13.6. The van der Waals surface area contributed by atoms with E-state index in [1.165, 1.54) is 12.7 Å². The molecule has 0 bridgehead atoms. The molecule has 7 heteroatoms. The Morgan fingerprint density at radius 3 is 2.55 bits per heavy atom. The second-order valence-corrected chi connectivity index (χ2v) is 8.95. The molecule has 1 atom stereocenters. The number of ether oxygens (including phenoxy) is 1. The van der Waals surface area contributed by atoms with Gasteiger partial charge in [0.25, 0.3) is 0 Å². The lowest BCUT2D eigenvalue weighted by molar-refractivity contribution is -0.139. The fourth-order valence-electron chi connectivity index (χ4n) is 4.71. The molecule has 33 heavy (non-hydrogen) atoms. The average molecular weight is 450 g/mol. The van der Waals surface area contributed by atoms with E-state index in [2.05, 4.69) is 18.3 Å². The Morgan fingerprint density at radius 2 is 1.79 bits per heavy atom. The van der Waals surface area contributed by atoms with Crippen molar-refractivity contribution in [1.82, 2.24) is 9.80 Å². The molecule has 4 rings (SSSR count). The van der Waals surface area contributed by atoms with E-state index in [0.29, 0.717) is 23.7 Å². The number of nitrogens with one attached hydrogen (secondary N) is 1. The van der Waals surface area contributed by atoms with Gasteiger partial charge in [-0.15, -0.1) is 0 Å². The van der Waals surface area contributed by atoms with Gasteiger partial charge in [0.15, 0.2) is 0 Å². The molecule has 2 heterocycles. The topological polar surface area (TPSA) is 79.0 Å². The van der Waals surface area contributed by atoms with Crippen LogP contribution in [0.1, 0.15) is 47.3 Å². The van der Waals surface area contributed by atoms with E-state index in [1.807, 2.05) is 28.0 Å². The van der Waals surface area contributed by atoms with Gasteiger partial charge in [-0.05, 0) is 54.5 Å². The van der Waals surface area contributed by atoms with E-state index in [9.17, 15) is 14.4 Å². The number of hydrogen-bond acceptors (Lipinski definition) is 5. The van der Waals surface area contributed by atoms with E-state index in [4.69, 9.17) is 4.74 Å². The first-order chi connectivity index (χ1) is 16.0. The predicted molar refractivity (Wildman–Crippen MR) is 126 cm³/mol. The maximum Gasteiger partial charge on any atom is 0.337 e. The number of methoxy groups -OCH3 is 1. The van der Waals surface area contributed by atoms with Gasteiger partial charge in [-0.2, -0.15) is 0 Å². The number of likely N-dealkylation sites (tertiary alicyclic amines) is 1. The summed E-state index contributed by atoms with van der Waals surface area (Å²) >= 11 is 0. The first-order valence-corrected chi connectivity index (χ1v) is 11.5. The number of piperidine rings is 1. The highest BCUT2D eigenvalue weighted by Gasteiger charge is 2.37. The number of carbonyl (C=O) groups excluding carboxylic acids is 3. The zero-order valence-corrected chi connectivity index (χ0v) is 19.3. The molecule has 1 saturated heterocycles. The Labute approximate surface area is 194 Å². The van der Waals surface area contributed by atoms with Crippen LogP contribution in [0.5, 0.6) is 0 Å². The first kappa shape index (κ1) is 23.0. The molecule has 2 aliphatic rings. The van der Waals surface area contributed by atoms with Crippen molar-refractivity contribution in [2.75, 3.05) is 38.6 Å². The number of benzene rings is 2. The third-order valence-electron chi connectivity index (χ3n) is 6.63. The van der Waals surface area contributed by atoms with Crippen LogP contribution in [0.2, 0.25) is 0 Å². The van der Waals surface area contributed by atoms with Gasteiger partial charge < -0.3 is 15.0 Å². The smallest absolute Gasteiger partial charge is 0.337 e. The minimum absolute atomic E-state index is 0.0783. The minimum Gasteiger partial charge on any atom is -0.465 e. The quantitative estimate of drug-likeness (QED) is 0.709. The van der Waals surface area contributed by atoms with E-state index >= 15 is 0 Å². The molecular weight excluding hydrogens is 418 g/mol. The Bertz CT molecular complexity index is 1030. The molecule has 0 radical (unpaired) electrons. The highest BCUT2D eigenvalue weighted by molar-refractivity contribution is 5.95. The summed E-state index contributed by atoms with van der Waals surface area (Å²) in [6, 6.07) is 14.2. The molecule has 0 aliphatic carbocycles. The molecular formula is C26H31N3O4. The van der Waals surface area contributed by atoms with Crippen molar-refractivity contribution >= 4 is 23.5 Å². The zero-order chi connectivity index (χ0) is 23.4. The second kappa shape index (κ2) is 10.2. The Kier molecular flexibility index (Phi) is 7.08. The van der Waals surface area contributed by atoms with E-state index < -0.39 is 12.0 Å². The molecule has 0 saturated carbocycles. The lowest BCUT2D eigenvalue weighted by atomic mass is 9.90. The van der Waals surface area contributed by atoms with Crippen molar-refractivity contribution in [2.45, 2.75) is 32.2 Å². The highest BCUT2D eigenvalue weighted by Crippen LogP contribution is 2.32. The lowest BCUT2D eigenvalue weighted by Gasteiger charge is -2.40. The van der Waals surface area contributed by atoms with Crippen LogP contribution in [0.15, 0.2) is 48.5 Å². The van der Waals surface area contributed by atoms with Crippen LogP contribution in [0, 0.1) is 5.92 Å². The molecule has 1 unspecified atom stereocenters. The first-order valence-electron chi connectivity index (χ1n) is 11.5. The normalized spacial score (nSPS) is 19.0. The summed E-state index contributed by atoms with van der Waals surface area (Å²) in [5, 5.41) is 2.86. The second-order valence-electron chi connectivity index (χ2n) is 8.95. The number of carbonyl (C=O) groups is 3. The number of anilines is 1. The molecule has 0 aromatic heterocycles. The predicted octanol–water partition coefficient (Wildman–Crippen LogP) is 3.27. The standard InChI is InChI=1S/C26H31N3O4/c1-18-10-13-28(14-11-18)25(31)24-22-9-4-3-6-19(22)12-15-29(24)17-23(30)27-21-8-5-7-20(16-21)26(32)33-2/h3-9,16,18,24H,10-15,17H2,1-2H3,(H,27,30). The Hall–Kier alpha value is -3.19. The van der Waals surface area contributed by atoms with Gasteiger partial charge in [0.1, 0.15) is 6.04 Å². The van der Waals surface area contributed by atoms with Crippen molar-refractivity contribution in [3.05, 3.63) is 65.2 Å². The molecule has 2 aromatic rings. The van der Waals surface area contributed by atoms with Gasteiger partial charge in [-0.1, -0.05) is 37.3 Å². The van der Waals surface area contributed by atoms with Gasteiger partial charge in [-0.3, -0.25) is 14.5 Å². The van der Waals surface area contributed by atoms with E-state index in [0.717, 1.165) is 37.9 Å². The van der Waals surface area contributed by atoms with Crippen LogP contribution in [-0.2, 0) is 20.7 Å². The number of esters is 1. The molecule has 0 spiro atoms. The van der Waals surface area contributed by atoms with Crippen LogP contribution in [0.4, 0.5) is 5.69 Å². The maximum atomic E-state index is 13.6. The fraction of sp³-hybridized carbons (Fsp3) is 0.423. The van der Waals surface area contributed by atoms with Gasteiger partial charge in [0.2, 0.25) is 11.8 Å². The van der Waals surface area contributed by atoms with Crippen LogP contribution in [0.3, 0.4) is 0 Å². The summed E-state index contributed by atoms with van der Waals surface area (Å²) in [6.45, 7) is 4.48. The van der Waals surface area contributed by atoms with Crippen molar-refractivity contribution in [3.8, 4) is 0 Å². The van der Waals surface area contributed by atoms with Crippen molar-refractivity contribution < 1.29 is 19.1 Å². The number of amides is 2. The molecule has 7 nitrogen and oxygen atoms in total. The van der Waals surface area contributed by atoms with Crippen LogP contribution >= 0.6 is 0 Å². The summed E-state index contributed by atoms with van der Waals surface area (Å²) in [5.41, 5.74) is 3.05. The largest absolute Gasteiger partial charge is 0.465 e. The summed E-state index contributed by atoms with van der Waals surface area (Å²) in [4.78, 5) is 42.3. The third kappa shape index (κ3) is 5.25. The summed E-state index contributed by atoms with van der Waals surface area (Å²) in [5.74, 6) is 0.0339. The minimum atomic E-state index is -0.462. The average Bonchev–Trinajstić information content (AvgIpc) is 2.83. The molecule has 2 amide bonds. The van der Waals surface area contributed by atoms with Crippen LogP contribution < -0.4 is 5.32 Å². The summed E-state index contributed by atoms with van der Waals surface area (Å²) in [6.07, 6.45) is 2.82. The van der Waals surface area contributed by atoms with Crippen molar-refractivity contribution in [1.29, 1.82) is 0 Å². The number of fused-ring (bicyclic) bond motifs is 1. The molecule has 2 aliphatic heterocycles. The van der Waals surface area contributed by atoms with Gasteiger partial charge in [0, 0.05) is 25.3 Å². The Balaban J connectivity index is 1.51. The SMILES string of the molecule is COC(=O)c1cccc(NC(=O)CN2CCc3ccccc3C2C(=O)N2CCC(C)CC2)c1. The Morgan fingerprint density at radius 1 is 1.03 bits per heavy atom. The van der Waals surface area contributed by atoms with E-state index in [1.54, 1.807) is 24.3 Å². The summed E-state index contributed by atoms with van der Waals surface area (Å²) < 4.78 is 4.75. The number of nitrogens with zero attached hydrogens (tertiary/aromatic N) is 2. The van der Waals surface area contributed by atoms with Gasteiger partial charge in [-0.25, -0.2) is 4.79 Å². The van der Waals surface area contributed by atoms with Gasteiger partial charge >= 0.3 is 5.97 Å². The molecule has 1 fully saturated rings. The van der Waals surface area contributed by atoms with E-state index in [-0.39, 0.29) is 18.4 Å². The highest BCUT2D eigenvalue weighted by atomic mass is 16.5. The monoisotopic (exact) mass is 449 g/mol. The van der Waals surface area contributed by atoms with Crippen LogP contribution in [-0.4, -0.2) is 60.9 Å². The summed E-state index contributed by atoms with van der Waals surface area (Å²) in [7, 11) is 1.32. The molecule has 174 valence electrons. The third-order valence-corrected chi connectivity index (χ3v) is 6.63. The molecule has 2 aromatic carbocycles.